The molecule has 4 heteroatoms. The first-order valence-electron chi connectivity index (χ1n) is 5.79. The van der Waals surface area contributed by atoms with Crippen molar-refractivity contribution in [1.82, 2.24) is 5.32 Å². The number of nitrogens with two attached hydrogens (primary N) is 1. The Labute approximate surface area is 96.6 Å². The average Bonchev–Trinajstić information content (AvgIpc) is 2.27. The van der Waals surface area contributed by atoms with Gasteiger partial charge >= 0.3 is 0 Å². The van der Waals surface area contributed by atoms with Gasteiger partial charge in [0.05, 0.1) is 6.04 Å². The van der Waals surface area contributed by atoms with Crippen molar-refractivity contribution < 1.29 is 4.79 Å². The van der Waals surface area contributed by atoms with Crippen LogP contribution in [0.5, 0.6) is 0 Å². The van der Waals surface area contributed by atoms with Crippen molar-refractivity contribution in [1.29, 1.82) is 0 Å². The van der Waals surface area contributed by atoms with E-state index in [4.69, 9.17) is 5.73 Å². The molecule has 0 aromatic carbocycles. The summed E-state index contributed by atoms with van der Waals surface area (Å²) in [5.41, 5.74) is 5.80. The van der Waals surface area contributed by atoms with E-state index in [1.807, 2.05) is 6.26 Å². The number of amides is 1. The number of thioether (sulfide) groups is 1. The highest BCUT2D eigenvalue weighted by molar-refractivity contribution is 7.98. The van der Waals surface area contributed by atoms with Crippen LogP contribution in [0.4, 0.5) is 0 Å². The van der Waals surface area contributed by atoms with E-state index in [-0.39, 0.29) is 11.9 Å². The van der Waals surface area contributed by atoms with Crippen LogP contribution >= 0.6 is 11.8 Å². The molecule has 0 spiro atoms. The number of rotatable bonds is 5. The molecule has 0 saturated heterocycles. The number of carbonyl (C=O) groups is 1. The Morgan fingerprint density at radius 3 is 2.73 bits per heavy atom. The molecule has 1 amide bonds. The minimum atomic E-state index is -0.320. The highest BCUT2D eigenvalue weighted by atomic mass is 32.2. The van der Waals surface area contributed by atoms with Crippen molar-refractivity contribution in [2.75, 3.05) is 12.0 Å². The summed E-state index contributed by atoms with van der Waals surface area (Å²) in [5, 5.41) is 3.05. The van der Waals surface area contributed by atoms with Crippen LogP contribution < -0.4 is 11.1 Å². The summed E-state index contributed by atoms with van der Waals surface area (Å²) in [7, 11) is 0. The Bertz CT molecular complexity index is 193. The average molecular weight is 230 g/mol. The van der Waals surface area contributed by atoms with Gasteiger partial charge in [0.1, 0.15) is 0 Å². The second-order valence-electron chi connectivity index (χ2n) is 4.23. The first kappa shape index (κ1) is 12.8. The highest BCUT2D eigenvalue weighted by Crippen LogP contribution is 2.17. The Morgan fingerprint density at radius 2 is 2.13 bits per heavy atom. The zero-order valence-electron chi connectivity index (χ0n) is 9.50. The van der Waals surface area contributed by atoms with E-state index in [1.165, 1.54) is 19.3 Å². The maximum Gasteiger partial charge on any atom is 0.237 e. The minimum Gasteiger partial charge on any atom is -0.352 e. The predicted molar refractivity (Wildman–Crippen MR) is 66.0 cm³/mol. The van der Waals surface area contributed by atoms with Gasteiger partial charge in [-0.1, -0.05) is 19.3 Å². The first-order chi connectivity index (χ1) is 7.24. The summed E-state index contributed by atoms with van der Waals surface area (Å²) in [5.74, 6) is 0.996. The Hall–Kier alpha value is -0.220. The number of nitrogens with one attached hydrogen (secondary N) is 1. The molecule has 15 heavy (non-hydrogen) atoms. The molecule has 3 N–H and O–H groups in total. The number of hydrogen-bond donors (Lipinski definition) is 2. The molecule has 1 atom stereocenters. The number of carbonyl (C=O) groups excluding carboxylic acids is 1. The molecular weight excluding hydrogens is 208 g/mol. The van der Waals surface area contributed by atoms with E-state index >= 15 is 0 Å². The van der Waals surface area contributed by atoms with Gasteiger partial charge in [-0.2, -0.15) is 11.8 Å². The Morgan fingerprint density at radius 1 is 1.47 bits per heavy atom. The molecule has 1 aliphatic carbocycles. The molecule has 1 rings (SSSR count). The molecule has 1 fully saturated rings. The summed E-state index contributed by atoms with van der Waals surface area (Å²) in [4.78, 5) is 11.7. The summed E-state index contributed by atoms with van der Waals surface area (Å²) in [6, 6.07) is 0.0611. The van der Waals surface area contributed by atoms with E-state index in [0.29, 0.717) is 6.04 Å². The van der Waals surface area contributed by atoms with Crippen LogP contribution in [0.15, 0.2) is 0 Å². The van der Waals surface area contributed by atoms with Gasteiger partial charge in [0.25, 0.3) is 0 Å². The van der Waals surface area contributed by atoms with E-state index in [9.17, 15) is 4.79 Å². The van der Waals surface area contributed by atoms with Gasteiger partial charge in [-0.3, -0.25) is 4.79 Å². The summed E-state index contributed by atoms with van der Waals surface area (Å²) < 4.78 is 0. The zero-order chi connectivity index (χ0) is 11.1. The molecule has 1 saturated carbocycles. The largest absolute Gasteiger partial charge is 0.352 e. The Kier molecular flexibility index (Phi) is 6.10. The van der Waals surface area contributed by atoms with Crippen molar-refractivity contribution in [3.8, 4) is 0 Å². The topological polar surface area (TPSA) is 55.1 Å². The van der Waals surface area contributed by atoms with Crippen molar-refractivity contribution in [3.05, 3.63) is 0 Å². The standard InChI is InChI=1S/C11H22N2OS/c1-15-8-7-10(12)11(14)13-9-5-3-2-4-6-9/h9-10H,2-8,12H2,1H3,(H,13,14)/t10-/m0/s1. The van der Waals surface area contributed by atoms with E-state index < -0.39 is 0 Å². The lowest BCUT2D eigenvalue weighted by atomic mass is 9.95. The third kappa shape index (κ3) is 4.89. The molecule has 0 heterocycles. The second kappa shape index (κ2) is 7.12. The van der Waals surface area contributed by atoms with Crippen LogP contribution in [0.1, 0.15) is 38.5 Å². The van der Waals surface area contributed by atoms with Crippen molar-refractivity contribution >= 4 is 17.7 Å². The molecule has 0 radical (unpaired) electrons. The fourth-order valence-electron chi connectivity index (χ4n) is 1.93. The third-order valence-electron chi connectivity index (χ3n) is 2.92. The molecule has 0 unspecified atom stereocenters. The van der Waals surface area contributed by atoms with Crippen molar-refractivity contribution in [2.45, 2.75) is 50.6 Å². The lowest BCUT2D eigenvalue weighted by molar-refractivity contribution is -0.123. The van der Waals surface area contributed by atoms with Gasteiger partial charge in [-0.05, 0) is 31.3 Å². The molecule has 1 aliphatic rings. The van der Waals surface area contributed by atoms with Crippen LogP contribution in [-0.4, -0.2) is 30.0 Å². The quantitative estimate of drug-likeness (QED) is 0.753. The summed E-state index contributed by atoms with van der Waals surface area (Å²) in [6.07, 6.45) is 8.86. The zero-order valence-corrected chi connectivity index (χ0v) is 10.3. The fourth-order valence-corrected chi connectivity index (χ4v) is 2.42. The van der Waals surface area contributed by atoms with Gasteiger partial charge in [-0.15, -0.1) is 0 Å². The molecule has 3 nitrogen and oxygen atoms in total. The first-order valence-corrected chi connectivity index (χ1v) is 7.18. The Balaban J connectivity index is 2.20. The van der Waals surface area contributed by atoms with Crippen molar-refractivity contribution in [2.24, 2.45) is 5.73 Å². The van der Waals surface area contributed by atoms with Gasteiger partial charge in [0, 0.05) is 6.04 Å². The molecule has 0 aliphatic heterocycles. The van der Waals surface area contributed by atoms with E-state index in [2.05, 4.69) is 5.32 Å². The molecular formula is C11H22N2OS. The fraction of sp³-hybridized carbons (Fsp3) is 0.909. The maximum absolute atomic E-state index is 11.7. The monoisotopic (exact) mass is 230 g/mol. The normalized spacial score (nSPS) is 19.9. The molecule has 88 valence electrons. The van der Waals surface area contributed by atoms with E-state index in [0.717, 1.165) is 25.0 Å². The highest BCUT2D eigenvalue weighted by Gasteiger charge is 2.19. The lowest BCUT2D eigenvalue weighted by Crippen LogP contribution is -2.46. The molecule has 0 aromatic rings. The summed E-state index contributed by atoms with van der Waals surface area (Å²) >= 11 is 1.73. The predicted octanol–water partition coefficient (Wildman–Crippen LogP) is 1.52. The second-order valence-corrected chi connectivity index (χ2v) is 5.22. The molecule has 0 aromatic heterocycles. The summed E-state index contributed by atoms with van der Waals surface area (Å²) in [6.45, 7) is 0. The van der Waals surface area contributed by atoms with E-state index in [1.54, 1.807) is 11.8 Å². The molecule has 0 bridgehead atoms. The smallest absolute Gasteiger partial charge is 0.237 e. The van der Waals surface area contributed by atoms with Crippen LogP contribution in [-0.2, 0) is 4.79 Å². The SMILES string of the molecule is CSCC[C@H](N)C(=O)NC1CCCCC1. The van der Waals surface area contributed by atoms with Crippen LogP contribution in [0.3, 0.4) is 0 Å². The maximum atomic E-state index is 11.7. The van der Waals surface area contributed by atoms with Crippen LogP contribution in [0, 0.1) is 0 Å². The number of hydrogen-bond acceptors (Lipinski definition) is 3. The third-order valence-corrected chi connectivity index (χ3v) is 3.57. The van der Waals surface area contributed by atoms with Gasteiger partial charge in [0.15, 0.2) is 0 Å². The van der Waals surface area contributed by atoms with Gasteiger partial charge in [-0.25, -0.2) is 0 Å². The van der Waals surface area contributed by atoms with Gasteiger partial charge < -0.3 is 11.1 Å². The van der Waals surface area contributed by atoms with Crippen LogP contribution in [0.2, 0.25) is 0 Å². The lowest BCUT2D eigenvalue weighted by Gasteiger charge is -2.24. The minimum absolute atomic E-state index is 0.0379. The van der Waals surface area contributed by atoms with Crippen molar-refractivity contribution in [3.63, 3.8) is 0 Å². The van der Waals surface area contributed by atoms with Gasteiger partial charge in [0.2, 0.25) is 5.91 Å². The van der Waals surface area contributed by atoms with Crippen LogP contribution in [0.25, 0.3) is 0 Å².